The molecule has 0 aromatic carbocycles. The molecule has 3 heteroatoms. The summed E-state index contributed by atoms with van der Waals surface area (Å²) in [6.45, 7) is 0. The van der Waals surface area contributed by atoms with Gasteiger partial charge in [0.25, 0.3) is 0 Å². The molecule has 0 aliphatic heterocycles. The third-order valence-electron chi connectivity index (χ3n) is 2.42. The summed E-state index contributed by atoms with van der Waals surface area (Å²) in [4.78, 5) is 10.7. The summed E-state index contributed by atoms with van der Waals surface area (Å²) in [6.07, 6.45) is 21.0. The summed E-state index contributed by atoms with van der Waals surface area (Å²) in [5.74, 6) is 0.331. The first-order valence-electron chi connectivity index (χ1n) is 5.94. The van der Waals surface area contributed by atoms with Crippen LogP contribution >= 0.6 is 0 Å². The molecule has 2 aliphatic carbocycles. The molecule has 0 amide bonds. The molecule has 2 nitrogen and oxygen atoms in total. The molecule has 2 aliphatic rings. The van der Waals surface area contributed by atoms with Crippen molar-refractivity contribution in [3.05, 3.63) is 57.3 Å². The molecule has 0 spiro atoms. The maximum absolute atomic E-state index is 10.7. The van der Waals surface area contributed by atoms with Crippen LogP contribution in [0.25, 0.3) is 0 Å². The number of hydrogen-bond acceptors (Lipinski definition) is 2. The zero-order chi connectivity index (χ0) is 12.3. The number of carbonyl (C=O) groups is 1. The first-order valence-corrected chi connectivity index (χ1v) is 5.94. The van der Waals surface area contributed by atoms with E-state index in [1.807, 2.05) is 0 Å². The van der Waals surface area contributed by atoms with Gasteiger partial charge in [-0.3, -0.25) is 4.79 Å². The Morgan fingerprint density at radius 2 is 1.33 bits per heavy atom. The SMILES string of the molecule is COC(=O)[C]1[CH][CH][CH][CH]1.[CH]1[CH]CC[CH][CH]CC1.[Co]. The predicted molar refractivity (Wildman–Crippen MR) is 68.1 cm³/mol. The monoisotopic (exact) mass is 290 g/mol. The van der Waals surface area contributed by atoms with Crippen molar-refractivity contribution in [3.63, 3.8) is 0 Å². The quantitative estimate of drug-likeness (QED) is 0.694. The molecule has 0 saturated heterocycles. The maximum Gasteiger partial charge on any atom is 0.313 e. The molecule has 2 saturated carbocycles. The first kappa shape index (κ1) is 18.0. The van der Waals surface area contributed by atoms with Crippen LogP contribution in [-0.2, 0) is 26.3 Å². The fourth-order valence-corrected chi connectivity index (χ4v) is 1.48. The molecule has 2 fully saturated rings. The average molecular weight is 290 g/mol. The summed E-state index contributed by atoms with van der Waals surface area (Å²) in [5.41, 5.74) is 0. The third-order valence-corrected chi connectivity index (χ3v) is 2.42. The summed E-state index contributed by atoms with van der Waals surface area (Å²) in [5, 5.41) is 0. The van der Waals surface area contributed by atoms with E-state index in [9.17, 15) is 4.79 Å². The van der Waals surface area contributed by atoms with Crippen molar-refractivity contribution in [2.45, 2.75) is 25.7 Å². The Labute approximate surface area is 122 Å². The largest absolute Gasteiger partial charge is 0.469 e. The topological polar surface area (TPSA) is 26.3 Å². The Kier molecular flexibility index (Phi) is 12.0. The van der Waals surface area contributed by atoms with E-state index in [-0.39, 0.29) is 22.7 Å². The maximum atomic E-state index is 10.7. The Bertz CT molecular complexity index is 177. The van der Waals surface area contributed by atoms with Crippen molar-refractivity contribution < 1.29 is 26.3 Å². The second kappa shape index (κ2) is 12.0. The van der Waals surface area contributed by atoms with Gasteiger partial charge >= 0.3 is 5.97 Å². The smallest absolute Gasteiger partial charge is 0.313 e. The van der Waals surface area contributed by atoms with E-state index in [4.69, 9.17) is 0 Å². The Morgan fingerprint density at radius 3 is 1.67 bits per heavy atom. The molecular weight excluding hydrogens is 271 g/mol. The van der Waals surface area contributed by atoms with Crippen LogP contribution in [0, 0.1) is 57.3 Å². The Morgan fingerprint density at radius 1 is 0.944 bits per heavy atom. The normalized spacial score (nSPS) is 20.7. The van der Waals surface area contributed by atoms with Gasteiger partial charge in [0.1, 0.15) is 0 Å². The van der Waals surface area contributed by atoms with E-state index in [1.54, 1.807) is 25.7 Å². The molecule has 0 N–H and O–H groups in total. The number of ether oxygens (including phenoxy) is 1. The minimum atomic E-state index is -0.278. The van der Waals surface area contributed by atoms with E-state index >= 15 is 0 Å². The van der Waals surface area contributed by atoms with Gasteiger partial charge in [0.15, 0.2) is 0 Å². The minimum Gasteiger partial charge on any atom is -0.469 e. The van der Waals surface area contributed by atoms with Crippen LogP contribution in [0.5, 0.6) is 0 Å². The van der Waals surface area contributed by atoms with Crippen LogP contribution in [0.1, 0.15) is 25.7 Å². The van der Waals surface area contributed by atoms with Gasteiger partial charge in [-0.1, -0.05) is 0 Å². The second-order valence-electron chi connectivity index (χ2n) is 3.76. The first-order chi connectivity index (χ1) is 8.34. The molecule has 0 aromatic rings. The molecule has 0 unspecified atom stereocenters. The average Bonchev–Trinajstić information content (AvgIpc) is 2.81. The zero-order valence-electron chi connectivity index (χ0n) is 10.6. The van der Waals surface area contributed by atoms with Crippen molar-refractivity contribution in [1.82, 2.24) is 0 Å². The van der Waals surface area contributed by atoms with Gasteiger partial charge < -0.3 is 4.74 Å². The molecule has 2 rings (SSSR count). The third kappa shape index (κ3) is 8.14. The summed E-state index contributed by atoms with van der Waals surface area (Å²) in [7, 11) is 1.37. The van der Waals surface area contributed by atoms with Crippen LogP contribution in [0.4, 0.5) is 0 Å². The van der Waals surface area contributed by atoms with Crippen LogP contribution < -0.4 is 0 Å². The second-order valence-corrected chi connectivity index (χ2v) is 3.76. The van der Waals surface area contributed by atoms with E-state index in [0.717, 1.165) is 0 Å². The fraction of sp³-hybridized carbons (Fsp3) is 0.333. The molecule has 100 valence electrons. The zero-order valence-corrected chi connectivity index (χ0v) is 11.6. The van der Waals surface area contributed by atoms with Crippen molar-refractivity contribution in [2.24, 2.45) is 0 Å². The Balaban J connectivity index is 0.000000306. The van der Waals surface area contributed by atoms with Gasteiger partial charge in [-0.2, -0.15) is 0 Å². The molecule has 10 radical (unpaired) electrons. The number of hydrogen-bond donors (Lipinski definition) is 0. The van der Waals surface area contributed by atoms with E-state index in [0.29, 0.717) is 5.92 Å². The number of carbonyl (C=O) groups excluding carboxylic acids is 1. The van der Waals surface area contributed by atoms with Gasteiger partial charge in [-0.05, 0) is 77.0 Å². The fourth-order valence-electron chi connectivity index (χ4n) is 1.48. The summed E-state index contributed by atoms with van der Waals surface area (Å²) >= 11 is 0. The standard InChI is InChI=1S/C8H12.C7H7O2.Co/c1-2-4-6-8-7-5-3-1;1-9-7(8)6-4-2-3-5-6;/h1-2,7-8H,3-6H2;2-5H,1H3;. The Hall–Kier alpha value is -0.0235. The van der Waals surface area contributed by atoms with Crippen LogP contribution in [0.15, 0.2) is 0 Å². The summed E-state index contributed by atoms with van der Waals surface area (Å²) < 4.78 is 4.46. The van der Waals surface area contributed by atoms with Crippen LogP contribution in [0.3, 0.4) is 0 Å². The molecule has 0 aromatic heterocycles. The van der Waals surface area contributed by atoms with Gasteiger partial charge in [-0.25, -0.2) is 0 Å². The van der Waals surface area contributed by atoms with E-state index in [1.165, 1.54) is 32.8 Å². The summed E-state index contributed by atoms with van der Waals surface area (Å²) in [6, 6.07) is 0. The predicted octanol–water partition coefficient (Wildman–Crippen LogP) is 2.94. The number of esters is 1. The van der Waals surface area contributed by atoms with Crippen molar-refractivity contribution in [2.75, 3.05) is 7.11 Å². The molecule has 0 atom stereocenters. The van der Waals surface area contributed by atoms with Gasteiger partial charge in [0.05, 0.1) is 13.0 Å². The van der Waals surface area contributed by atoms with Crippen LogP contribution in [-0.4, -0.2) is 13.1 Å². The molecule has 0 bridgehead atoms. The van der Waals surface area contributed by atoms with Crippen molar-refractivity contribution in [1.29, 1.82) is 0 Å². The number of methoxy groups -OCH3 is 1. The van der Waals surface area contributed by atoms with E-state index in [2.05, 4.69) is 30.4 Å². The molecular formula is C15H19CoO2. The van der Waals surface area contributed by atoms with Crippen LogP contribution in [0.2, 0.25) is 0 Å². The number of rotatable bonds is 1. The van der Waals surface area contributed by atoms with Crippen molar-refractivity contribution in [3.8, 4) is 0 Å². The minimum absolute atomic E-state index is 0. The molecule has 0 heterocycles. The van der Waals surface area contributed by atoms with Gasteiger partial charge in [0, 0.05) is 16.8 Å². The molecule has 18 heavy (non-hydrogen) atoms. The van der Waals surface area contributed by atoms with Gasteiger partial charge in [-0.15, -0.1) is 0 Å². The van der Waals surface area contributed by atoms with Gasteiger partial charge in [0.2, 0.25) is 0 Å². The van der Waals surface area contributed by atoms with E-state index < -0.39 is 0 Å². The van der Waals surface area contributed by atoms with Crippen molar-refractivity contribution >= 4 is 5.97 Å².